The molecule has 0 aliphatic carbocycles. The van der Waals surface area contributed by atoms with Crippen LogP contribution in [0, 0.1) is 0 Å². The molecule has 2 aromatic rings. The van der Waals surface area contributed by atoms with E-state index in [1.807, 2.05) is 0 Å². The van der Waals surface area contributed by atoms with Gasteiger partial charge in [0.1, 0.15) is 5.75 Å². The summed E-state index contributed by atoms with van der Waals surface area (Å²) in [7, 11) is 0. The van der Waals surface area contributed by atoms with E-state index in [4.69, 9.17) is 0 Å². The number of allylic oxidation sites excluding steroid dienone is 2. The van der Waals surface area contributed by atoms with E-state index >= 15 is 0 Å². The van der Waals surface area contributed by atoms with Gasteiger partial charge >= 0.3 is 12.1 Å². The Bertz CT molecular complexity index is 935. The third kappa shape index (κ3) is 6.61. The molecule has 4 nitrogen and oxygen atoms in total. The van der Waals surface area contributed by atoms with E-state index in [2.05, 4.69) is 9.73 Å². The number of halogens is 3. The quantitative estimate of drug-likeness (QED) is 0.285. The van der Waals surface area contributed by atoms with Crippen LogP contribution in [-0.4, -0.2) is 11.9 Å². The third-order valence-corrected chi connectivity index (χ3v) is 3.18. The highest BCUT2D eigenvalue weighted by molar-refractivity contribution is 6.04. The molecule has 0 heterocycles. The molecule has 0 atom stereocenters. The van der Waals surface area contributed by atoms with Crippen molar-refractivity contribution in [1.29, 1.82) is 0 Å². The van der Waals surface area contributed by atoms with Crippen molar-refractivity contribution in [3.05, 3.63) is 83.9 Å². The van der Waals surface area contributed by atoms with Crippen LogP contribution in [0.5, 0.6) is 5.75 Å². The van der Waals surface area contributed by atoms with Crippen molar-refractivity contribution in [2.24, 2.45) is 4.99 Å². The molecule has 0 unspecified atom stereocenters. The lowest BCUT2D eigenvalue weighted by Gasteiger charge is -2.01. The summed E-state index contributed by atoms with van der Waals surface area (Å²) < 4.78 is 40.9. The van der Waals surface area contributed by atoms with Gasteiger partial charge in [0.15, 0.2) is 5.78 Å². The number of carbonyl (C=O) groups excluding carboxylic acids is 2. The first-order valence-corrected chi connectivity index (χ1v) is 7.54. The van der Waals surface area contributed by atoms with E-state index in [-0.39, 0.29) is 11.5 Å². The van der Waals surface area contributed by atoms with Gasteiger partial charge in [0.2, 0.25) is 6.08 Å². The summed E-state index contributed by atoms with van der Waals surface area (Å²) >= 11 is 0. The Kier molecular flexibility index (Phi) is 7.05. The molecule has 0 amide bonds. The topological polar surface area (TPSA) is 55.7 Å². The predicted molar refractivity (Wildman–Crippen MR) is 94.7 cm³/mol. The second kappa shape index (κ2) is 9.70. The van der Waals surface area contributed by atoms with Gasteiger partial charge in [-0.3, -0.25) is 4.79 Å². The molecule has 0 spiro atoms. The van der Waals surface area contributed by atoms with Crippen LogP contribution < -0.4 is 4.74 Å². The van der Waals surface area contributed by atoms with E-state index in [0.29, 0.717) is 11.3 Å². The number of rotatable bonds is 7. The normalized spacial score (nSPS) is 10.6. The molecule has 0 radical (unpaired) electrons. The molecule has 2 aromatic carbocycles. The lowest BCUT2D eigenvalue weighted by atomic mass is 10.1. The molecule has 0 saturated carbocycles. The van der Waals surface area contributed by atoms with Gasteiger partial charge in [-0.15, -0.1) is 0 Å². The maximum absolute atomic E-state index is 12.7. The fraction of sp³-hybridized carbons (Fsp3) is 0. The predicted octanol–water partition coefficient (Wildman–Crippen LogP) is 5.36. The van der Waals surface area contributed by atoms with E-state index in [0.717, 1.165) is 5.56 Å². The van der Waals surface area contributed by atoms with Crippen LogP contribution >= 0.6 is 0 Å². The minimum absolute atomic E-state index is 0.0916. The fourth-order valence-corrected chi connectivity index (χ4v) is 1.91. The van der Waals surface area contributed by atoms with Crippen molar-refractivity contribution >= 4 is 29.7 Å². The Balaban J connectivity index is 1.95. The van der Waals surface area contributed by atoms with Gasteiger partial charge in [0.05, 0.1) is 5.69 Å². The zero-order chi connectivity index (χ0) is 19.6. The van der Waals surface area contributed by atoms with Crippen molar-refractivity contribution in [2.75, 3.05) is 0 Å². The van der Waals surface area contributed by atoms with E-state index < -0.39 is 12.1 Å². The second-order valence-electron chi connectivity index (χ2n) is 5.07. The Morgan fingerprint density at radius 1 is 0.889 bits per heavy atom. The highest BCUT2D eigenvalue weighted by atomic mass is 19.3. The van der Waals surface area contributed by atoms with Crippen LogP contribution in [0.1, 0.15) is 11.1 Å². The lowest BCUT2D eigenvalue weighted by molar-refractivity contribution is -0.110. The zero-order valence-electron chi connectivity index (χ0n) is 13.7. The standard InChI is InChI=1S/C20H12F3NO3/c21-19(22)20(23)27-18-11-5-15(6-12-18)4-10-17(26)9-3-14-1-7-16(8-2-14)24-13-25/h1-12H. The average molecular weight is 371 g/mol. The summed E-state index contributed by atoms with van der Waals surface area (Å²) in [6.07, 6.45) is 4.68. The van der Waals surface area contributed by atoms with Crippen molar-refractivity contribution in [3.63, 3.8) is 0 Å². The van der Waals surface area contributed by atoms with E-state index in [1.54, 1.807) is 30.3 Å². The number of carbonyl (C=O) groups is 1. The molecule has 0 aliphatic heterocycles. The monoisotopic (exact) mass is 371 g/mol. The Labute approximate surface area is 152 Å². The number of ether oxygens (including phenoxy) is 1. The molecule has 0 fully saturated rings. The van der Waals surface area contributed by atoms with Crippen molar-refractivity contribution < 1.29 is 27.5 Å². The van der Waals surface area contributed by atoms with Crippen molar-refractivity contribution in [2.45, 2.75) is 0 Å². The Morgan fingerprint density at radius 2 is 1.41 bits per heavy atom. The van der Waals surface area contributed by atoms with Crippen molar-refractivity contribution in [1.82, 2.24) is 0 Å². The van der Waals surface area contributed by atoms with Crippen LogP contribution in [0.15, 0.2) is 77.8 Å². The van der Waals surface area contributed by atoms with Gasteiger partial charge in [-0.05, 0) is 47.5 Å². The largest absolute Gasteiger partial charge is 0.428 e. The van der Waals surface area contributed by atoms with Gasteiger partial charge in [-0.1, -0.05) is 36.4 Å². The van der Waals surface area contributed by atoms with Gasteiger partial charge in [-0.2, -0.15) is 18.2 Å². The number of nitrogens with zero attached hydrogens (tertiary/aromatic N) is 1. The molecular formula is C20H12F3NO3. The molecule has 0 bridgehead atoms. The van der Waals surface area contributed by atoms with Crippen LogP contribution in [0.4, 0.5) is 18.9 Å². The summed E-state index contributed by atoms with van der Waals surface area (Å²) in [4.78, 5) is 25.4. The van der Waals surface area contributed by atoms with Crippen LogP contribution in [0.25, 0.3) is 12.2 Å². The molecule has 7 heteroatoms. The molecule has 27 heavy (non-hydrogen) atoms. The average Bonchev–Trinajstić information content (AvgIpc) is 2.67. The Morgan fingerprint density at radius 3 is 1.89 bits per heavy atom. The van der Waals surface area contributed by atoms with Crippen molar-refractivity contribution in [3.8, 4) is 5.75 Å². The SMILES string of the molecule is O=C=Nc1ccc(C=CC(=O)C=Cc2ccc(OC(F)=C(F)F)cc2)cc1. The minimum Gasteiger partial charge on any atom is -0.428 e. The number of aliphatic imine (C=N–C) groups is 1. The summed E-state index contributed by atoms with van der Waals surface area (Å²) in [5, 5.41) is 0. The number of benzene rings is 2. The fourth-order valence-electron chi connectivity index (χ4n) is 1.91. The maximum atomic E-state index is 12.7. The van der Waals surface area contributed by atoms with E-state index in [9.17, 15) is 22.8 Å². The zero-order valence-corrected chi connectivity index (χ0v) is 13.7. The summed E-state index contributed by atoms with van der Waals surface area (Å²) in [5.74, 6) is -0.371. The first-order chi connectivity index (χ1) is 13.0. The molecule has 0 aliphatic rings. The minimum atomic E-state index is -2.54. The molecule has 0 N–H and O–H groups in total. The first-order valence-electron chi connectivity index (χ1n) is 7.54. The summed E-state index contributed by atoms with van der Waals surface area (Å²) in [5.41, 5.74) is 1.81. The second-order valence-corrected chi connectivity index (χ2v) is 5.07. The lowest BCUT2D eigenvalue weighted by Crippen LogP contribution is -1.90. The third-order valence-electron chi connectivity index (χ3n) is 3.18. The molecule has 2 rings (SSSR count). The van der Waals surface area contributed by atoms with Crippen LogP contribution in [0.2, 0.25) is 0 Å². The van der Waals surface area contributed by atoms with Gasteiger partial charge in [-0.25, -0.2) is 4.79 Å². The Hall–Kier alpha value is -3.70. The smallest absolute Gasteiger partial charge is 0.344 e. The van der Waals surface area contributed by atoms with E-state index in [1.165, 1.54) is 48.6 Å². The number of hydrogen-bond acceptors (Lipinski definition) is 4. The number of hydrogen-bond donors (Lipinski definition) is 0. The maximum Gasteiger partial charge on any atom is 0.344 e. The summed E-state index contributed by atoms with van der Waals surface area (Å²) in [6.45, 7) is 0. The molecular weight excluding hydrogens is 359 g/mol. The molecule has 136 valence electrons. The number of ketones is 1. The first kappa shape index (κ1) is 19.6. The summed E-state index contributed by atoms with van der Waals surface area (Å²) in [6, 6.07) is 10.2. The van der Waals surface area contributed by atoms with Crippen LogP contribution in [-0.2, 0) is 9.59 Å². The highest BCUT2D eigenvalue weighted by Crippen LogP contribution is 2.19. The van der Waals surface area contributed by atoms with Gasteiger partial charge in [0.25, 0.3) is 0 Å². The number of isocyanates is 1. The molecule has 0 aromatic heterocycles. The highest BCUT2D eigenvalue weighted by Gasteiger charge is 2.07. The molecule has 0 saturated heterocycles. The van der Waals surface area contributed by atoms with Crippen LogP contribution in [0.3, 0.4) is 0 Å². The van der Waals surface area contributed by atoms with Gasteiger partial charge < -0.3 is 4.74 Å². The van der Waals surface area contributed by atoms with Gasteiger partial charge in [0, 0.05) is 0 Å².